The summed E-state index contributed by atoms with van der Waals surface area (Å²) in [6.45, 7) is 11.6. The number of benzene rings is 1. The van der Waals surface area contributed by atoms with Gasteiger partial charge in [0.25, 0.3) is 0 Å². The van der Waals surface area contributed by atoms with Crippen LogP contribution in [-0.2, 0) is 9.53 Å². The van der Waals surface area contributed by atoms with Gasteiger partial charge in [-0.1, -0.05) is 17.2 Å². The predicted molar refractivity (Wildman–Crippen MR) is 104 cm³/mol. The summed E-state index contributed by atoms with van der Waals surface area (Å²) in [4.78, 5) is 15.1. The highest BCUT2D eigenvalue weighted by molar-refractivity contribution is 5.92. The smallest absolute Gasteiger partial charge is 0.338 e. The van der Waals surface area contributed by atoms with Gasteiger partial charge in [0.05, 0.1) is 11.7 Å². The third-order valence-electron chi connectivity index (χ3n) is 4.61. The first kappa shape index (κ1) is 18.9. The van der Waals surface area contributed by atoms with Gasteiger partial charge in [-0.2, -0.15) is 4.68 Å². The van der Waals surface area contributed by atoms with Crippen LogP contribution in [0.2, 0.25) is 0 Å². The number of hydrogen-bond acceptors (Lipinski definition) is 7. The number of hydrogen-bond donors (Lipinski definition) is 1. The van der Waals surface area contributed by atoms with Crippen LogP contribution in [0, 0.1) is 0 Å². The van der Waals surface area contributed by atoms with E-state index in [1.165, 1.54) is 0 Å². The van der Waals surface area contributed by atoms with Crippen LogP contribution < -0.4 is 10.2 Å². The highest BCUT2D eigenvalue weighted by Crippen LogP contribution is 2.35. The Hall–Kier alpha value is -2.90. The third kappa shape index (κ3) is 3.65. The van der Waals surface area contributed by atoms with Gasteiger partial charge in [0.15, 0.2) is 0 Å². The molecule has 2 aromatic rings. The largest absolute Gasteiger partial charge is 0.459 e. The average Bonchev–Trinajstić information content (AvgIpc) is 3.09. The molecule has 1 aromatic heterocycles. The maximum absolute atomic E-state index is 12.8. The second kappa shape index (κ2) is 7.77. The first-order chi connectivity index (χ1) is 13.0. The SMILES string of the molecule is CCN(CC)c1ccc([C@H]2C(C(=O)OC(C)C)=C(C)Nc3nnnn32)cc1. The zero-order valence-electron chi connectivity index (χ0n) is 16.4. The molecule has 0 saturated carbocycles. The van der Waals surface area contributed by atoms with Gasteiger partial charge in [-0.3, -0.25) is 0 Å². The van der Waals surface area contributed by atoms with Crippen LogP contribution in [0.4, 0.5) is 11.6 Å². The molecule has 0 radical (unpaired) electrons. The number of carbonyl (C=O) groups is 1. The fraction of sp³-hybridized carbons (Fsp3) is 0.474. The summed E-state index contributed by atoms with van der Waals surface area (Å²) in [6.07, 6.45) is -0.209. The van der Waals surface area contributed by atoms with Crippen LogP contribution in [0.5, 0.6) is 0 Å². The van der Waals surface area contributed by atoms with Crippen LogP contribution in [-0.4, -0.2) is 45.4 Å². The topological polar surface area (TPSA) is 85.2 Å². The standard InChI is InChI=1S/C19H26N6O2/c1-6-24(7-2)15-10-8-14(9-11-15)17-16(18(26)27-12(3)4)13(5)20-19-21-22-23-25(17)19/h8-12,17H,6-7H2,1-5H3,(H,20,21,23)/t17-/m0/s1. The molecule has 1 aliphatic rings. The zero-order valence-corrected chi connectivity index (χ0v) is 16.4. The number of allylic oxidation sites excluding steroid dienone is 1. The number of nitrogens with zero attached hydrogens (tertiary/aromatic N) is 5. The number of carbonyl (C=O) groups excluding carboxylic acids is 1. The second-order valence-corrected chi connectivity index (χ2v) is 6.73. The van der Waals surface area contributed by atoms with Crippen molar-refractivity contribution in [2.24, 2.45) is 0 Å². The van der Waals surface area contributed by atoms with Crippen LogP contribution in [0.25, 0.3) is 0 Å². The van der Waals surface area contributed by atoms with Gasteiger partial charge in [-0.15, -0.1) is 0 Å². The van der Waals surface area contributed by atoms with E-state index in [0.717, 1.165) is 24.3 Å². The van der Waals surface area contributed by atoms with E-state index in [1.807, 2.05) is 32.9 Å². The minimum absolute atomic E-state index is 0.209. The van der Waals surface area contributed by atoms with Crippen LogP contribution in [0.3, 0.4) is 0 Å². The lowest BCUT2D eigenvalue weighted by Gasteiger charge is -2.28. The van der Waals surface area contributed by atoms with E-state index in [9.17, 15) is 4.79 Å². The zero-order chi connectivity index (χ0) is 19.6. The monoisotopic (exact) mass is 370 g/mol. The molecule has 2 heterocycles. The van der Waals surface area contributed by atoms with E-state index in [-0.39, 0.29) is 12.1 Å². The van der Waals surface area contributed by atoms with Gasteiger partial charge >= 0.3 is 5.97 Å². The Morgan fingerprint density at radius 2 is 1.93 bits per heavy atom. The minimum atomic E-state index is -0.437. The Morgan fingerprint density at radius 3 is 2.52 bits per heavy atom. The van der Waals surface area contributed by atoms with E-state index in [4.69, 9.17) is 4.74 Å². The number of anilines is 2. The highest BCUT2D eigenvalue weighted by atomic mass is 16.5. The van der Waals surface area contributed by atoms with E-state index < -0.39 is 6.04 Å². The number of esters is 1. The highest BCUT2D eigenvalue weighted by Gasteiger charge is 2.35. The predicted octanol–water partition coefficient (Wildman–Crippen LogP) is 2.76. The van der Waals surface area contributed by atoms with E-state index >= 15 is 0 Å². The van der Waals surface area contributed by atoms with Crippen molar-refractivity contribution in [3.63, 3.8) is 0 Å². The van der Waals surface area contributed by atoms with Gasteiger partial charge in [0.2, 0.25) is 5.95 Å². The second-order valence-electron chi connectivity index (χ2n) is 6.73. The van der Waals surface area contributed by atoms with Gasteiger partial charge < -0.3 is 15.0 Å². The average molecular weight is 370 g/mol. The molecule has 0 unspecified atom stereocenters. The van der Waals surface area contributed by atoms with E-state index in [0.29, 0.717) is 17.2 Å². The van der Waals surface area contributed by atoms with Crippen LogP contribution in [0.15, 0.2) is 35.5 Å². The quantitative estimate of drug-likeness (QED) is 0.783. The molecule has 27 heavy (non-hydrogen) atoms. The number of nitrogens with one attached hydrogen (secondary N) is 1. The van der Waals surface area contributed by atoms with Crippen molar-refractivity contribution < 1.29 is 9.53 Å². The molecule has 0 saturated heterocycles. The molecule has 1 aliphatic heterocycles. The molecule has 3 rings (SSSR count). The summed E-state index contributed by atoms with van der Waals surface area (Å²) < 4.78 is 7.09. The molecule has 1 aromatic carbocycles. The number of fused-ring (bicyclic) bond motifs is 1. The first-order valence-corrected chi connectivity index (χ1v) is 9.27. The van der Waals surface area contributed by atoms with E-state index in [2.05, 4.69) is 51.7 Å². The summed E-state index contributed by atoms with van der Waals surface area (Å²) in [7, 11) is 0. The van der Waals surface area contributed by atoms with Gasteiger partial charge in [0.1, 0.15) is 6.04 Å². The van der Waals surface area contributed by atoms with Crippen molar-refractivity contribution in [1.29, 1.82) is 0 Å². The van der Waals surface area contributed by atoms with Gasteiger partial charge in [-0.25, -0.2) is 4.79 Å². The molecule has 8 nitrogen and oxygen atoms in total. The van der Waals surface area contributed by atoms with Crippen molar-refractivity contribution in [2.75, 3.05) is 23.3 Å². The Labute approximate surface area is 159 Å². The Bertz CT molecular complexity index is 836. The molecule has 0 amide bonds. The fourth-order valence-electron chi connectivity index (χ4n) is 3.32. The maximum Gasteiger partial charge on any atom is 0.338 e. The molecule has 8 heteroatoms. The van der Waals surface area contributed by atoms with Crippen molar-refractivity contribution in [2.45, 2.75) is 46.8 Å². The summed E-state index contributed by atoms with van der Waals surface area (Å²) in [5.41, 5.74) is 3.28. The summed E-state index contributed by atoms with van der Waals surface area (Å²) in [6, 6.07) is 7.73. The normalized spacial score (nSPS) is 16.1. The number of aromatic nitrogens is 4. The summed E-state index contributed by atoms with van der Waals surface area (Å²) in [5.74, 6) is 0.139. The maximum atomic E-state index is 12.8. The van der Waals surface area contributed by atoms with Crippen molar-refractivity contribution in [1.82, 2.24) is 20.2 Å². The molecule has 1 N–H and O–H groups in total. The Balaban J connectivity index is 2.03. The van der Waals surface area contributed by atoms with Crippen molar-refractivity contribution >= 4 is 17.6 Å². The lowest BCUT2D eigenvalue weighted by Crippen LogP contribution is -2.30. The van der Waals surface area contributed by atoms with Gasteiger partial charge in [0, 0.05) is 24.5 Å². The van der Waals surface area contributed by atoms with Crippen molar-refractivity contribution in [3.05, 3.63) is 41.1 Å². The number of rotatable bonds is 6. The molecular weight excluding hydrogens is 344 g/mol. The molecule has 0 aliphatic carbocycles. The Morgan fingerprint density at radius 1 is 1.26 bits per heavy atom. The molecule has 0 bridgehead atoms. The number of tetrazole rings is 1. The summed E-state index contributed by atoms with van der Waals surface area (Å²) in [5, 5.41) is 14.9. The fourth-order valence-corrected chi connectivity index (χ4v) is 3.32. The van der Waals surface area contributed by atoms with Crippen molar-refractivity contribution in [3.8, 4) is 0 Å². The molecule has 0 spiro atoms. The number of ether oxygens (including phenoxy) is 1. The molecule has 1 atom stereocenters. The minimum Gasteiger partial charge on any atom is -0.459 e. The van der Waals surface area contributed by atoms with Crippen LogP contribution >= 0.6 is 0 Å². The van der Waals surface area contributed by atoms with E-state index in [1.54, 1.807) is 4.68 Å². The van der Waals surface area contributed by atoms with Gasteiger partial charge in [-0.05, 0) is 62.7 Å². The Kier molecular flexibility index (Phi) is 5.43. The lowest BCUT2D eigenvalue weighted by molar-refractivity contribution is -0.143. The summed E-state index contributed by atoms with van der Waals surface area (Å²) >= 11 is 0. The lowest BCUT2D eigenvalue weighted by atomic mass is 9.95. The molecular formula is C19H26N6O2. The molecule has 144 valence electrons. The van der Waals surface area contributed by atoms with Crippen LogP contribution in [0.1, 0.15) is 46.2 Å². The molecule has 0 fully saturated rings. The first-order valence-electron chi connectivity index (χ1n) is 9.27. The third-order valence-corrected chi connectivity index (χ3v) is 4.61.